The van der Waals surface area contributed by atoms with Crippen molar-refractivity contribution in [1.82, 2.24) is 9.55 Å². The fourth-order valence-electron chi connectivity index (χ4n) is 3.72. The second-order valence-electron chi connectivity index (χ2n) is 7.79. The number of aliphatic hydroxyl groups is 1. The molecule has 3 aromatic carbocycles. The molecule has 2 N–H and O–H groups in total. The molecule has 0 amide bonds. The Balaban J connectivity index is 1.91. The lowest BCUT2D eigenvalue weighted by Crippen LogP contribution is -2.53. The second-order valence-corrected chi connectivity index (χ2v) is 7.79. The molecule has 0 unspecified atom stereocenters. The summed E-state index contributed by atoms with van der Waals surface area (Å²) in [5.74, 6) is -0.00953. The van der Waals surface area contributed by atoms with Crippen LogP contribution in [0.5, 0.6) is 5.75 Å². The van der Waals surface area contributed by atoms with E-state index in [0.717, 1.165) is 22.3 Å². The molecule has 1 aromatic heterocycles. The van der Waals surface area contributed by atoms with Gasteiger partial charge in [-0.15, -0.1) is 0 Å². The van der Waals surface area contributed by atoms with E-state index in [9.17, 15) is 41.4 Å². The first kappa shape index (κ1) is 24.3. The van der Waals surface area contributed by atoms with Crippen LogP contribution in [-0.2, 0) is 12.0 Å². The van der Waals surface area contributed by atoms with E-state index in [1.165, 1.54) is 18.2 Å². The van der Waals surface area contributed by atoms with Crippen LogP contribution in [0.1, 0.15) is 17.0 Å². The summed E-state index contributed by atoms with van der Waals surface area (Å²) in [5, 5.41) is 19.5. The number of fused-ring (bicyclic) bond motifs is 1. The number of phenolic OH excluding ortho intramolecular Hbond substituents is 1. The van der Waals surface area contributed by atoms with E-state index >= 15 is 0 Å². The molecule has 182 valence electrons. The Kier molecular flexibility index (Phi) is 5.84. The second kappa shape index (κ2) is 8.42. The average Bonchev–Trinajstić information content (AvgIpc) is 2.78. The predicted octanol–water partition coefficient (Wildman–Crippen LogP) is 4.99. The monoisotopic (exact) mass is 494 g/mol. The van der Waals surface area contributed by atoms with Crippen LogP contribution in [0.3, 0.4) is 0 Å². The molecule has 4 aromatic rings. The molecule has 0 aliphatic carbocycles. The van der Waals surface area contributed by atoms with E-state index in [0.29, 0.717) is 12.1 Å². The molecule has 0 radical (unpaired) electrons. The molecule has 0 saturated carbocycles. The van der Waals surface area contributed by atoms with E-state index in [-0.39, 0.29) is 34.6 Å². The summed E-state index contributed by atoms with van der Waals surface area (Å²) >= 11 is 0. The lowest BCUT2D eigenvalue weighted by Gasteiger charge is -2.32. The molecule has 0 spiro atoms. The Morgan fingerprint density at radius 2 is 1.43 bits per heavy atom. The number of rotatable bonds is 4. The van der Waals surface area contributed by atoms with Crippen molar-refractivity contribution in [1.29, 1.82) is 0 Å². The first-order chi connectivity index (χ1) is 16.3. The standard InChI is InChI=1S/C24H16F6N2O3/c25-23(26,27)22(35,24(28,29)30)15-6-8-16(9-7-15)32-20(12-14-4-2-1-3-5-14)31-19-13-17(33)10-11-18(19)21(32)34/h1-11,13,33,35H,12H2. The van der Waals surface area contributed by atoms with Crippen LogP contribution in [0, 0.1) is 0 Å². The summed E-state index contributed by atoms with van der Waals surface area (Å²) in [7, 11) is 0. The van der Waals surface area contributed by atoms with Gasteiger partial charge in [-0.1, -0.05) is 42.5 Å². The maximum atomic E-state index is 13.3. The third-order valence-electron chi connectivity index (χ3n) is 5.49. The van der Waals surface area contributed by atoms with Crippen molar-refractivity contribution in [3.63, 3.8) is 0 Å². The number of phenols is 1. The van der Waals surface area contributed by atoms with E-state index in [2.05, 4.69) is 4.98 Å². The summed E-state index contributed by atoms with van der Waals surface area (Å²) in [6, 6.07) is 15.3. The van der Waals surface area contributed by atoms with Crippen molar-refractivity contribution in [3.8, 4) is 11.4 Å². The number of hydrogen-bond donors (Lipinski definition) is 2. The fraction of sp³-hybridized carbons (Fsp3) is 0.167. The Morgan fingerprint density at radius 1 is 0.829 bits per heavy atom. The molecular weight excluding hydrogens is 478 g/mol. The van der Waals surface area contributed by atoms with Gasteiger partial charge in [0.15, 0.2) is 0 Å². The number of halogens is 6. The minimum atomic E-state index is -6.03. The van der Waals surface area contributed by atoms with Gasteiger partial charge in [-0.2, -0.15) is 26.3 Å². The molecule has 0 aliphatic rings. The molecule has 0 saturated heterocycles. The highest BCUT2D eigenvalue weighted by molar-refractivity contribution is 5.79. The lowest BCUT2D eigenvalue weighted by atomic mass is 9.92. The van der Waals surface area contributed by atoms with Gasteiger partial charge in [0, 0.05) is 18.1 Å². The minimum absolute atomic E-state index is 0.0566. The normalized spacial score (nSPS) is 12.8. The van der Waals surface area contributed by atoms with Crippen LogP contribution >= 0.6 is 0 Å². The van der Waals surface area contributed by atoms with Crippen molar-refractivity contribution in [3.05, 3.63) is 100 Å². The minimum Gasteiger partial charge on any atom is -0.508 e. The van der Waals surface area contributed by atoms with Crippen LogP contribution in [0.25, 0.3) is 16.6 Å². The van der Waals surface area contributed by atoms with Crippen molar-refractivity contribution in [2.75, 3.05) is 0 Å². The van der Waals surface area contributed by atoms with E-state index in [1.54, 1.807) is 30.3 Å². The molecule has 35 heavy (non-hydrogen) atoms. The van der Waals surface area contributed by atoms with Crippen molar-refractivity contribution in [2.45, 2.75) is 24.4 Å². The largest absolute Gasteiger partial charge is 0.508 e. The van der Waals surface area contributed by atoms with Gasteiger partial charge in [-0.05, 0) is 29.8 Å². The van der Waals surface area contributed by atoms with Crippen molar-refractivity contribution >= 4 is 10.9 Å². The zero-order chi connectivity index (χ0) is 25.6. The molecule has 5 nitrogen and oxygen atoms in total. The molecule has 1 heterocycles. The topological polar surface area (TPSA) is 75.3 Å². The van der Waals surface area contributed by atoms with E-state index in [1.807, 2.05) is 0 Å². The Hall–Kier alpha value is -3.86. The molecule has 0 aliphatic heterocycles. The van der Waals surface area contributed by atoms with E-state index < -0.39 is 29.1 Å². The lowest BCUT2D eigenvalue weighted by molar-refractivity contribution is -0.376. The summed E-state index contributed by atoms with van der Waals surface area (Å²) < 4.78 is 80.5. The predicted molar refractivity (Wildman–Crippen MR) is 114 cm³/mol. The highest BCUT2D eigenvalue weighted by atomic mass is 19.4. The third kappa shape index (κ3) is 4.23. The first-order valence-electron chi connectivity index (χ1n) is 10.1. The highest BCUT2D eigenvalue weighted by Gasteiger charge is 2.71. The summed E-state index contributed by atoms with van der Waals surface area (Å²) in [6.45, 7) is 0. The number of aromatic hydroxyl groups is 1. The van der Waals surface area contributed by atoms with Crippen LogP contribution < -0.4 is 5.56 Å². The quantitative estimate of drug-likeness (QED) is 0.392. The van der Waals surface area contributed by atoms with Gasteiger partial charge < -0.3 is 10.2 Å². The number of aromatic nitrogens is 2. The van der Waals surface area contributed by atoms with Crippen LogP contribution in [0.2, 0.25) is 0 Å². The van der Waals surface area contributed by atoms with Gasteiger partial charge >= 0.3 is 12.4 Å². The maximum Gasteiger partial charge on any atom is 0.430 e. The molecule has 0 bridgehead atoms. The highest BCUT2D eigenvalue weighted by Crippen LogP contribution is 2.50. The fourth-order valence-corrected chi connectivity index (χ4v) is 3.72. The van der Waals surface area contributed by atoms with Gasteiger partial charge in [-0.3, -0.25) is 9.36 Å². The number of benzene rings is 3. The number of alkyl halides is 6. The molecule has 11 heteroatoms. The average molecular weight is 494 g/mol. The Labute approximate surface area is 193 Å². The van der Waals surface area contributed by atoms with Gasteiger partial charge in [0.2, 0.25) is 0 Å². The van der Waals surface area contributed by atoms with Gasteiger partial charge in [-0.25, -0.2) is 4.98 Å². The smallest absolute Gasteiger partial charge is 0.430 e. The summed E-state index contributed by atoms with van der Waals surface area (Å²) in [5.41, 5.74) is -6.34. The van der Waals surface area contributed by atoms with Crippen LogP contribution in [0.4, 0.5) is 26.3 Å². The maximum absolute atomic E-state index is 13.3. The van der Waals surface area contributed by atoms with Gasteiger partial charge in [0.05, 0.1) is 16.6 Å². The molecular formula is C24H16F6N2O3. The zero-order valence-electron chi connectivity index (χ0n) is 17.6. The number of hydrogen-bond acceptors (Lipinski definition) is 4. The summed E-state index contributed by atoms with van der Waals surface area (Å²) in [4.78, 5) is 17.7. The molecule has 0 fully saturated rings. The molecule has 0 atom stereocenters. The van der Waals surface area contributed by atoms with E-state index in [4.69, 9.17) is 0 Å². The Morgan fingerprint density at radius 3 is 2.00 bits per heavy atom. The Bertz CT molecular complexity index is 1410. The van der Waals surface area contributed by atoms with Crippen LogP contribution in [-0.4, -0.2) is 32.1 Å². The SMILES string of the molecule is O=c1c2ccc(O)cc2nc(Cc2ccccc2)n1-c1ccc(C(O)(C(F)(F)F)C(F)(F)F)cc1. The van der Waals surface area contributed by atoms with Gasteiger partial charge in [0.25, 0.3) is 11.2 Å². The summed E-state index contributed by atoms with van der Waals surface area (Å²) in [6.07, 6.45) is -12.0. The molecule has 4 rings (SSSR count). The van der Waals surface area contributed by atoms with Gasteiger partial charge in [0.1, 0.15) is 11.6 Å². The van der Waals surface area contributed by atoms with Crippen molar-refractivity contribution < 1.29 is 36.6 Å². The number of nitrogens with zero attached hydrogens (tertiary/aromatic N) is 2. The van der Waals surface area contributed by atoms with Crippen LogP contribution in [0.15, 0.2) is 77.6 Å². The first-order valence-corrected chi connectivity index (χ1v) is 10.1. The van der Waals surface area contributed by atoms with Crippen molar-refractivity contribution in [2.24, 2.45) is 0 Å². The third-order valence-corrected chi connectivity index (χ3v) is 5.49. The zero-order valence-corrected chi connectivity index (χ0v) is 17.6.